The standard InChI is InChI=1S/C59H80IN3O23S3/c1-13-63(25-38(66)67)33-26-79-39(23-37(33)74-8)84-52-47(69)44(29(5)81-57(52)83-36-18-16-14-15-17-20-59(73)24-35(65)45(61-58(72)78-12)42(36)32(59)19-21-87-89-27(2)3)62-86-40-22-34(64)54(31(7)80-40)88-55(71)41-28(4)43(60)50(53(77-11)49(41)75-9)85-56-48(70)51(76-10)46(68)30(6)82-56/h14-15,19,27,29-31,33-34,36-37,39-40,44,46-48,51-52,54,56-57,62,64,68-70,73H,13,21-26H2,1-12H3,(H,61,72)(H,66,67)/b15-14+,32-19+/t29-,30+,31-,33+,34+,36+,37+,39+,40+,44-,46+,47+,48-,51-,52-,54-,56+,57+,59+/m1/s1. The van der Waals surface area contributed by atoms with Gasteiger partial charge in [-0.1, -0.05) is 83.9 Å². The van der Waals surface area contributed by atoms with E-state index < -0.39 is 145 Å². The van der Waals surface area contributed by atoms with Gasteiger partial charge in [-0.3, -0.25) is 29.4 Å². The fraction of sp³-hybridized carbons (Fsp3) is 0.661. The molecule has 0 radical (unpaired) electrons. The molecule has 1 amide bonds. The Bertz CT molecular complexity index is 2910. The van der Waals surface area contributed by atoms with E-state index in [2.05, 4.69) is 34.5 Å². The first-order chi connectivity index (χ1) is 42.3. The summed E-state index contributed by atoms with van der Waals surface area (Å²) >= 11 is 2.79. The number of carboxylic acids is 1. The third-order valence-electron chi connectivity index (χ3n) is 15.6. The van der Waals surface area contributed by atoms with Gasteiger partial charge in [0, 0.05) is 49.2 Å². The van der Waals surface area contributed by atoms with Gasteiger partial charge in [-0.25, -0.2) is 4.79 Å². The number of allylic oxidation sites excluding steroid dienone is 3. The average Bonchev–Trinajstić information content (AvgIpc) is 0.792. The molecule has 0 spiro atoms. The highest BCUT2D eigenvalue weighted by Gasteiger charge is 2.52. The lowest BCUT2D eigenvalue weighted by atomic mass is 9.75. The number of alkyl carbamates (subject to hydrolysis) is 1. The fourth-order valence-corrected chi connectivity index (χ4v) is 14.7. The first-order valence-electron chi connectivity index (χ1n) is 28.7. The van der Waals surface area contributed by atoms with Crippen LogP contribution in [-0.2, 0) is 57.1 Å². The van der Waals surface area contributed by atoms with E-state index in [0.717, 1.165) is 18.9 Å². The molecule has 8 N–H and O–H groups in total. The molecule has 4 fully saturated rings. The zero-order valence-electron chi connectivity index (χ0n) is 51.3. The van der Waals surface area contributed by atoms with Crippen molar-refractivity contribution in [2.45, 2.75) is 188 Å². The molecule has 4 saturated heterocycles. The number of halogens is 1. The van der Waals surface area contributed by atoms with Crippen molar-refractivity contribution in [1.29, 1.82) is 0 Å². The van der Waals surface area contributed by atoms with Gasteiger partial charge in [0.15, 0.2) is 41.8 Å². The fourth-order valence-electron chi connectivity index (χ4n) is 11.1. The van der Waals surface area contributed by atoms with Crippen molar-refractivity contribution in [1.82, 2.24) is 15.7 Å². The number of nitrogens with zero attached hydrogens (tertiary/aromatic N) is 1. The number of nitrogens with one attached hydrogen (secondary N) is 2. The normalized spacial score (nSPS) is 34.7. The van der Waals surface area contributed by atoms with E-state index in [1.807, 2.05) is 43.4 Å². The molecule has 19 atom stereocenters. The Hall–Kier alpha value is -3.82. The van der Waals surface area contributed by atoms with Gasteiger partial charge in [-0.05, 0) is 74.5 Å². The molecular weight excluding hydrogens is 1340 g/mol. The molecule has 2 aliphatic carbocycles. The minimum Gasteiger partial charge on any atom is -0.492 e. The van der Waals surface area contributed by atoms with Crippen LogP contribution in [0.1, 0.15) is 76.7 Å². The van der Waals surface area contributed by atoms with Gasteiger partial charge in [0.2, 0.25) is 17.2 Å². The van der Waals surface area contributed by atoms with Crippen molar-refractivity contribution in [3.05, 3.63) is 49.8 Å². The number of hydrogen-bond donors (Lipinski definition) is 8. The monoisotopic (exact) mass is 1420 g/mol. The Labute approximate surface area is 542 Å². The SMILES string of the molecule is CCN(CC(=O)O)[C@H]1CO[C@@H](O[C@H]2[C@H](O[C@H]3C#C/C=C/C#C[C@]4(O)CC(=O)C(NC(=O)OC)=C3/C4=C\CSSC(C)C)O[C@H](C)[C@@H](NO[C@H]3C[C@H](O)[C@H](SC(=O)c4c(C)c(I)c(O[C@@H]5O[C@@H](C)[C@H](O)[C@@H](OC)[C@H]5O)c(OC)c4OC)[C@@H](C)O3)[C@@H]2O)C[C@@H]1OC. The minimum absolute atomic E-state index is 0.00882. The second kappa shape index (κ2) is 32.8. The van der Waals surface area contributed by atoms with Crippen molar-refractivity contribution >= 4 is 78.9 Å². The first kappa shape index (κ1) is 72.6. The molecule has 0 saturated carbocycles. The molecule has 30 heteroatoms. The van der Waals surface area contributed by atoms with Gasteiger partial charge >= 0.3 is 12.1 Å². The van der Waals surface area contributed by atoms with Gasteiger partial charge < -0.3 is 87.5 Å². The number of aliphatic hydroxyl groups excluding tert-OH is 4. The van der Waals surface area contributed by atoms with Gasteiger partial charge in [-0.15, -0.1) is 0 Å². The Morgan fingerprint density at radius 1 is 0.888 bits per heavy atom. The van der Waals surface area contributed by atoms with Gasteiger partial charge in [0.05, 0.1) is 104 Å². The number of likely N-dealkylation sites (N-methyl/N-ethyl adjacent to an activating group) is 1. The van der Waals surface area contributed by atoms with E-state index in [0.29, 0.717) is 21.4 Å². The number of carbonyl (C=O) groups is 4. The summed E-state index contributed by atoms with van der Waals surface area (Å²) in [6.07, 6.45) is -15.1. The Morgan fingerprint density at radius 3 is 2.24 bits per heavy atom. The van der Waals surface area contributed by atoms with Gasteiger partial charge in [0.25, 0.3) is 0 Å². The van der Waals surface area contributed by atoms with E-state index in [-0.39, 0.29) is 70.9 Å². The molecule has 1 aromatic rings. The number of amides is 1. The lowest BCUT2D eigenvalue weighted by molar-refractivity contribution is -0.337. The van der Waals surface area contributed by atoms with E-state index in [9.17, 15) is 49.8 Å². The molecule has 0 unspecified atom stereocenters. The smallest absolute Gasteiger partial charge is 0.411 e. The third kappa shape index (κ3) is 17.1. The van der Waals surface area contributed by atoms with Crippen molar-refractivity contribution in [2.75, 3.05) is 61.0 Å². The number of methoxy groups -OCH3 is 5. The number of rotatable bonds is 24. The molecule has 26 nitrogen and oxygen atoms in total. The zero-order valence-corrected chi connectivity index (χ0v) is 55.9. The first-order valence-corrected chi connectivity index (χ1v) is 33.1. The minimum atomic E-state index is -2.10. The van der Waals surface area contributed by atoms with Crippen LogP contribution in [0.15, 0.2) is 35.1 Å². The summed E-state index contributed by atoms with van der Waals surface area (Å²) in [5, 5.41) is 69.5. The van der Waals surface area contributed by atoms with E-state index in [1.165, 1.54) is 51.4 Å². The Kier molecular flexibility index (Phi) is 26.8. The number of Topliss-reactive ketones (excluding diaryl/α,β-unsaturated/α-hetero) is 1. The predicted molar refractivity (Wildman–Crippen MR) is 332 cm³/mol. The van der Waals surface area contributed by atoms with Crippen LogP contribution in [0.25, 0.3) is 0 Å². The average molecular weight is 1420 g/mol. The van der Waals surface area contributed by atoms with Crippen LogP contribution in [0.5, 0.6) is 17.2 Å². The highest BCUT2D eigenvalue weighted by Crippen LogP contribution is 2.49. The number of aliphatic carboxylic acids is 1. The summed E-state index contributed by atoms with van der Waals surface area (Å²) < 4.78 is 72.7. The van der Waals surface area contributed by atoms with Crippen molar-refractivity contribution in [2.24, 2.45) is 0 Å². The molecule has 89 heavy (non-hydrogen) atoms. The lowest BCUT2D eigenvalue weighted by Gasteiger charge is -2.47. The maximum atomic E-state index is 14.5. The summed E-state index contributed by atoms with van der Waals surface area (Å²) in [5.41, 5.74) is 1.09. The number of benzene rings is 1. The molecule has 6 aliphatic rings. The second-order valence-electron chi connectivity index (χ2n) is 21.8. The molecule has 494 valence electrons. The number of fused-ring (bicyclic) bond motifs is 2. The van der Waals surface area contributed by atoms with Crippen LogP contribution in [0.3, 0.4) is 0 Å². The number of carboxylic acid groups (broad SMARTS) is 1. The number of ketones is 1. The van der Waals surface area contributed by atoms with Crippen LogP contribution < -0.4 is 25.0 Å². The van der Waals surface area contributed by atoms with Crippen molar-refractivity contribution in [3.63, 3.8) is 0 Å². The Morgan fingerprint density at radius 2 is 1.60 bits per heavy atom. The van der Waals surface area contributed by atoms with E-state index in [4.69, 9.17) is 61.7 Å². The maximum absolute atomic E-state index is 14.5. The Balaban J connectivity index is 1.14. The zero-order chi connectivity index (χ0) is 65.2. The topological polar surface area (TPSA) is 337 Å². The summed E-state index contributed by atoms with van der Waals surface area (Å²) in [6.45, 7) is 12.4. The molecule has 2 bridgehead atoms. The van der Waals surface area contributed by atoms with Crippen LogP contribution >= 0.6 is 55.9 Å². The molecule has 4 heterocycles. The summed E-state index contributed by atoms with van der Waals surface area (Å²) in [5.74, 6) is 10.1. The number of ether oxygens (including phenoxy) is 12. The van der Waals surface area contributed by atoms with E-state index in [1.54, 1.807) is 49.5 Å². The highest BCUT2D eigenvalue weighted by molar-refractivity contribution is 14.1. The molecular formula is C59H80IN3O23S3. The van der Waals surface area contributed by atoms with E-state index >= 15 is 0 Å². The van der Waals surface area contributed by atoms with Crippen LogP contribution in [0.2, 0.25) is 0 Å². The molecule has 1 aromatic carbocycles. The second-order valence-corrected chi connectivity index (χ2v) is 27.1. The van der Waals surface area contributed by atoms with Crippen molar-refractivity contribution < 1.29 is 111 Å². The molecule has 4 aliphatic heterocycles. The number of hydrogen-bond acceptors (Lipinski definition) is 27. The van der Waals surface area contributed by atoms with Crippen LogP contribution in [-0.4, -0.2) is 240 Å². The van der Waals surface area contributed by atoms with Crippen LogP contribution in [0, 0.1) is 34.2 Å². The molecule has 0 aromatic heterocycles. The lowest BCUT2D eigenvalue weighted by Crippen LogP contribution is -2.65. The number of carbonyl (C=O) groups excluding carboxylic acids is 3. The predicted octanol–water partition coefficient (Wildman–Crippen LogP) is 3.12. The third-order valence-corrected chi connectivity index (χ3v) is 21.1. The van der Waals surface area contributed by atoms with Gasteiger partial charge in [0.1, 0.15) is 36.6 Å². The largest absolute Gasteiger partial charge is 0.492 e. The number of hydroxylamine groups is 1. The maximum Gasteiger partial charge on any atom is 0.411 e. The summed E-state index contributed by atoms with van der Waals surface area (Å²) in [4.78, 5) is 61.3. The van der Waals surface area contributed by atoms with Crippen LogP contribution in [0.4, 0.5) is 4.79 Å². The summed E-state index contributed by atoms with van der Waals surface area (Å²) in [7, 11) is 9.70. The quantitative estimate of drug-likeness (QED) is 0.0242. The highest BCUT2D eigenvalue weighted by atomic mass is 127. The summed E-state index contributed by atoms with van der Waals surface area (Å²) in [6, 6.07) is -1.66. The van der Waals surface area contributed by atoms with Crippen molar-refractivity contribution in [3.8, 4) is 40.9 Å². The van der Waals surface area contributed by atoms with Gasteiger partial charge in [-0.2, -0.15) is 5.48 Å². The number of aliphatic hydroxyl groups is 5. The number of thioether (sulfide) groups is 1. The molecule has 7 rings (SSSR count).